The number of nitrogens with one attached hydrogen (secondary N) is 2. The third-order valence-corrected chi connectivity index (χ3v) is 4.81. The van der Waals surface area contributed by atoms with Crippen LogP contribution in [0.3, 0.4) is 0 Å². The van der Waals surface area contributed by atoms with Crippen LogP contribution < -0.4 is 10.6 Å². The van der Waals surface area contributed by atoms with Crippen molar-refractivity contribution in [2.75, 3.05) is 10.6 Å². The van der Waals surface area contributed by atoms with Gasteiger partial charge in [0, 0.05) is 21.8 Å². The second-order valence-corrected chi connectivity index (χ2v) is 7.38. The fourth-order valence-electron chi connectivity index (χ4n) is 3.42. The monoisotopic (exact) mass is 389 g/mol. The Morgan fingerprint density at radius 3 is 2.39 bits per heavy atom. The van der Waals surface area contributed by atoms with Gasteiger partial charge < -0.3 is 10.6 Å². The number of benzodiazepines with no additional fused rings is 1. The standard InChI is InChI=1S/C23H20ClN3O/c1-14-10-15(2)12-18(11-14)25-22-23(28)26-20-9-8-17(24)13-19(20)21(27-22)16-6-4-3-5-7-16/h3-13,22,25H,1-2H3,(H,26,28). The third kappa shape index (κ3) is 3.78. The summed E-state index contributed by atoms with van der Waals surface area (Å²) in [6, 6.07) is 21.3. The van der Waals surface area contributed by atoms with Gasteiger partial charge in [-0.2, -0.15) is 0 Å². The van der Waals surface area contributed by atoms with Gasteiger partial charge in [-0.25, -0.2) is 4.99 Å². The number of amides is 1. The van der Waals surface area contributed by atoms with Crippen LogP contribution in [-0.4, -0.2) is 17.8 Å². The highest BCUT2D eigenvalue weighted by atomic mass is 35.5. The number of carbonyl (C=O) groups excluding carboxylic acids is 1. The molecule has 0 aromatic heterocycles. The molecular weight excluding hydrogens is 370 g/mol. The lowest BCUT2D eigenvalue weighted by atomic mass is 10.0. The van der Waals surface area contributed by atoms with Gasteiger partial charge in [0.25, 0.3) is 5.91 Å². The smallest absolute Gasteiger partial charge is 0.269 e. The lowest BCUT2D eigenvalue weighted by Crippen LogP contribution is -2.32. The van der Waals surface area contributed by atoms with Crippen LogP contribution in [0.5, 0.6) is 0 Å². The summed E-state index contributed by atoms with van der Waals surface area (Å²) in [4.78, 5) is 17.7. The fraction of sp³-hybridized carbons (Fsp3) is 0.130. The normalized spacial score (nSPS) is 15.9. The second kappa shape index (κ2) is 7.49. The number of halogens is 1. The van der Waals surface area contributed by atoms with Crippen molar-refractivity contribution in [1.29, 1.82) is 0 Å². The van der Waals surface area contributed by atoms with E-state index in [2.05, 4.69) is 16.7 Å². The van der Waals surface area contributed by atoms with E-state index in [1.807, 2.05) is 68.4 Å². The summed E-state index contributed by atoms with van der Waals surface area (Å²) in [5.74, 6) is -0.214. The Bertz CT molecular complexity index is 1060. The van der Waals surface area contributed by atoms with Crippen molar-refractivity contribution < 1.29 is 4.79 Å². The highest BCUT2D eigenvalue weighted by Crippen LogP contribution is 2.28. The number of benzene rings is 3. The van der Waals surface area contributed by atoms with Crippen LogP contribution >= 0.6 is 11.6 Å². The van der Waals surface area contributed by atoms with Crippen molar-refractivity contribution in [3.63, 3.8) is 0 Å². The molecule has 28 heavy (non-hydrogen) atoms. The molecular formula is C23H20ClN3O. The molecule has 0 bridgehead atoms. The fourth-order valence-corrected chi connectivity index (χ4v) is 3.59. The van der Waals surface area contributed by atoms with E-state index in [9.17, 15) is 4.79 Å². The average molecular weight is 390 g/mol. The number of fused-ring (bicyclic) bond motifs is 1. The molecule has 140 valence electrons. The number of nitrogens with zero attached hydrogens (tertiary/aromatic N) is 1. The van der Waals surface area contributed by atoms with E-state index in [0.717, 1.165) is 33.7 Å². The summed E-state index contributed by atoms with van der Waals surface area (Å²) in [6.45, 7) is 4.06. The van der Waals surface area contributed by atoms with E-state index in [0.29, 0.717) is 10.7 Å². The molecule has 2 N–H and O–H groups in total. The number of rotatable bonds is 3. The summed E-state index contributed by atoms with van der Waals surface area (Å²) >= 11 is 6.24. The van der Waals surface area contributed by atoms with Crippen LogP contribution in [0.1, 0.15) is 22.3 Å². The summed E-state index contributed by atoms with van der Waals surface area (Å²) in [5, 5.41) is 6.84. The maximum Gasteiger partial charge on any atom is 0.269 e. The van der Waals surface area contributed by atoms with E-state index in [4.69, 9.17) is 16.6 Å². The van der Waals surface area contributed by atoms with E-state index in [1.54, 1.807) is 6.07 Å². The first-order valence-electron chi connectivity index (χ1n) is 9.08. The molecule has 3 aromatic rings. The van der Waals surface area contributed by atoms with Crippen LogP contribution in [0.15, 0.2) is 71.7 Å². The number of aliphatic imine (C=N–C) groups is 1. The van der Waals surface area contributed by atoms with Crippen molar-refractivity contribution in [3.8, 4) is 0 Å². The Balaban J connectivity index is 1.82. The Kier molecular flexibility index (Phi) is 4.88. The van der Waals surface area contributed by atoms with Crippen molar-refractivity contribution in [2.45, 2.75) is 20.0 Å². The Morgan fingerprint density at radius 1 is 0.964 bits per heavy atom. The molecule has 1 amide bonds. The number of hydrogen-bond acceptors (Lipinski definition) is 3. The first kappa shape index (κ1) is 18.3. The molecule has 0 aliphatic carbocycles. The molecule has 1 heterocycles. The zero-order valence-corrected chi connectivity index (χ0v) is 16.4. The van der Waals surface area contributed by atoms with Gasteiger partial charge in [0.2, 0.25) is 0 Å². The first-order valence-corrected chi connectivity index (χ1v) is 9.46. The number of aryl methyl sites for hydroxylation is 2. The summed E-state index contributed by atoms with van der Waals surface area (Å²) < 4.78 is 0. The summed E-state index contributed by atoms with van der Waals surface area (Å²) in [5.41, 5.74) is 6.25. The largest absolute Gasteiger partial charge is 0.356 e. The highest BCUT2D eigenvalue weighted by Gasteiger charge is 2.26. The van der Waals surface area contributed by atoms with Crippen LogP contribution in [0.4, 0.5) is 11.4 Å². The number of hydrogen-bond donors (Lipinski definition) is 2. The van der Waals surface area contributed by atoms with Crippen molar-refractivity contribution in [3.05, 3.63) is 94.0 Å². The van der Waals surface area contributed by atoms with Gasteiger partial charge in [-0.3, -0.25) is 4.79 Å². The average Bonchev–Trinajstić information content (AvgIpc) is 2.79. The highest BCUT2D eigenvalue weighted by molar-refractivity contribution is 6.32. The molecule has 0 saturated heterocycles. The molecule has 3 aromatic carbocycles. The van der Waals surface area contributed by atoms with Gasteiger partial charge in [-0.05, 0) is 55.3 Å². The number of carbonyl (C=O) groups is 1. The van der Waals surface area contributed by atoms with Crippen LogP contribution in [-0.2, 0) is 4.79 Å². The third-order valence-electron chi connectivity index (χ3n) is 4.57. The predicted molar refractivity (Wildman–Crippen MR) is 115 cm³/mol. The van der Waals surface area contributed by atoms with Crippen molar-refractivity contribution in [2.24, 2.45) is 4.99 Å². The summed E-state index contributed by atoms with van der Waals surface area (Å²) in [7, 11) is 0. The maximum absolute atomic E-state index is 12.9. The molecule has 0 radical (unpaired) electrons. The molecule has 1 aliphatic heterocycles. The Hall–Kier alpha value is -3.11. The molecule has 0 saturated carbocycles. The van der Waals surface area contributed by atoms with Gasteiger partial charge in [-0.15, -0.1) is 0 Å². The first-order chi connectivity index (χ1) is 13.5. The van der Waals surface area contributed by atoms with Crippen LogP contribution in [0, 0.1) is 13.8 Å². The van der Waals surface area contributed by atoms with E-state index >= 15 is 0 Å². The van der Waals surface area contributed by atoms with Crippen LogP contribution in [0.2, 0.25) is 5.02 Å². The van der Waals surface area contributed by atoms with E-state index in [1.165, 1.54) is 0 Å². The van der Waals surface area contributed by atoms with Gasteiger partial charge in [-0.1, -0.05) is 48.0 Å². The summed E-state index contributed by atoms with van der Waals surface area (Å²) in [6.07, 6.45) is -0.761. The minimum Gasteiger partial charge on any atom is -0.356 e. The molecule has 1 aliphatic rings. The topological polar surface area (TPSA) is 53.5 Å². The van der Waals surface area contributed by atoms with Gasteiger partial charge in [0.15, 0.2) is 6.17 Å². The van der Waals surface area contributed by atoms with Gasteiger partial charge in [0.05, 0.1) is 11.4 Å². The van der Waals surface area contributed by atoms with E-state index < -0.39 is 6.17 Å². The second-order valence-electron chi connectivity index (χ2n) is 6.95. The van der Waals surface area contributed by atoms with Gasteiger partial charge >= 0.3 is 0 Å². The molecule has 0 fully saturated rings. The molecule has 4 nitrogen and oxygen atoms in total. The SMILES string of the molecule is Cc1cc(C)cc(NC2N=C(c3ccccc3)c3cc(Cl)ccc3NC2=O)c1. The molecule has 0 spiro atoms. The van der Waals surface area contributed by atoms with Crippen LogP contribution in [0.25, 0.3) is 0 Å². The predicted octanol–water partition coefficient (Wildman–Crippen LogP) is 5.18. The lowest BCUT2D eigenvalue weighted by molar-refractivity contribution is -0.116. The lowest BCUT2D eigenvalue weighted by Gasteiger charge is -2.15. The molecule has 1 atom stereocenters. The zero-order chi connectivity index (χ0) is 19.7. The quantitative estimate of drug-likeness (QED) is 0.648. The van der Waals surface area contributed by atoms with Crippen molar-refractivity contribution in [1.82, 2.24) is 0 Å². The minimum atomic E-state index is -0.761. The Labute approximate surface area is 169 Å². The van der Waals surface area contributed by atoms with E-state index in [-0.39, 0.29) is 5.91 Å². The molecule has 5 heteroatoms. The molecule has 4 rings (SSSR count). The van der Waals surface area contributed by atoms with Crippen molar-refractivity contribution >= 4 is 34.6 Å². The Morgan fingerprint density at radius 2 is 1.68 bits per heavy atom. The maximum atomic E-state index is 12.9. The molecule has 1 unspecified atom stereocenters. The zero-order valence-electron chi connectivity index (χ0n) is 15.7. The van der Waals surface area contributed by atoms with Gasteiger partial charge in [0.1, 0.15) is 0 Å². The number of anilines is 2. The minimum absolute atomic E-state index is 0.214.